The van der Waals surface area contributed by atoms with Crippen LogP contribution in [0.5, 0.6) is 11.5 Å². The Labute approximate surface area is 130 Å². The summed E-state index contributed by atoms with van der Waals surface area (Å²) >= 11 is 0. The molecule has 0 aliphatic carbocycles. The lowest BCUT2D eigenvalue weighted by molar-refractivity contribution is -0.274. The van der Waals surface area contributed by atoms with Gasteiger partial charge in [-0.3, -0.25) is 4.79 Å². The molecule has 0 fully saturated rings. The van der Waals surface area contributed by atoms with Crippen LogP contribution in [0, 0.1) is 0 Å². The average Bonchev–Trinajstić information content (AvgIpc) is 2.46. The van der Waals surface area contributed by atoms with Crippen molar-refractivity contribution < 1.29 is 27.4 Å². The number of carbonyl (C=O) groups excluding carboxylic acids is 1. The summed E-state index contributed by atoms with van der Waals surface area (Å²) in [6.45, 7) is 2.17. The molecule has 0 heterocycles. The van der Waals surface area contributed by atoms with Gasteiger partial charge in [0.15, 0.2) is 0 Å². The second-order valence-corrected chi connectivity index (χ2v) is 4.46. The number of alkyl halides is 3. The highest BCUT2D eigenvalue weighted by molar-refractivity contribution is 6.06. The van der Waals surface area contributed by atoms with Crippen LogP contribution in [0.3, 0.4) is 0 Å². The van der Waals surface area contributed by atoms with E-state index in [9.17, 15) is 18.0 Å². The number of ether oxygens (including phenoxy) is 2. The van der Waals surface area contributed by atoms with Crippen LogP contribution in [-0.2, 0) is 0 Å². The molecule has 1 amide bonds. The van der Waals surface area contributed by atoms with Crippen LogP contribution in [0.1, 0.15) is 17.3 Å². The first-order valence-corrected chi connectivity index (χ1v) is 6.78. The molecule has 2 rings (SSSR count). The minimum absolute atomic E-state index is 0.183. The Morgan fingerprint density at radius 3 is 2.57 bits per heavy atom. The Hall–Kier alpha value is -2.70. The van der Waals surface area contributed by atoms with Gasteiger partial charge < -0.3 is 14.8 Å². The number of rotatable bonds is 5. The van der Waals surface area contributed by atoms with Gasteiger partial charge in [-0.05, 0) is 31.2 Å². The SMILES string of the molecule is CCOc1ccccc1C(=O)Nc1cccc(OC(F)(F)F)c1. The maximum absolute atomic E-state index is 12.3. The van der Waals surface area contributed by atoms with Crippen LogP contribution in [0.15, 0.2) is 48.5 Å². The quantitative estimate of drug-likeness (QED) is 0.894. The van der Waals surface area contributed by atoms with Crippen molar-refractivity contribution in [2.45, 2.75) is 13.3 Å². The Morgan fingerprint density at radius 2 is 1.87 bits per heavy atom. The molecule has 23 heavy (non-hydrogen) atoms. The van der Waals surface area contributed by atoms with Crippen LogP contribution >= 0.6 is 0 Å². The van der Waals surface area contributed by atoms with Gasteiger partial charge in [-0.2, -0.15) is 0 Å². The number of carbonyl (C=O) groups is 1. The summed E-state index contributed by atoms with van der Waals surface area (Å²) in [4.78, 5) is 12.3. The molecule has 1 N–H and O–H groups in total. The third-order valence-corrected chi connectivity index (χ3v) is 2.76. The molecule has 0 spiro atoms. The molecule has 2 aromatic rings. The molecule has 0 aromatic heterocycles. The van der Waals surface area contributed by atoms with E-state index >= 15 is 0 Å². The molecule has 0 saturated carbocycles. The van der Waals surface area contributed by atoms with Crippen LogP contribution in [0.2, 0.25) is 0 Å². The predicted molar refractivity (Wildman–Crippen MR) is 78.7 cm³/mol. The fourth-order valence-corrected chi connectivity index (χ4v) is 1.90. The molecule has 0 aliphatic heterocycles. The normalized spacial score (nSPS) is 11.0. The van der Waals surface area contributed by atoms with Crippen molar-refractivity contribution in [3.63, 3.8) is 0 Å². The van der Waals surface area contributed by atoms with E-state index in [1.165, 1.54) is 12.1 Å². The van der Waals surface area contributed by atoms with Crippen molar-refractivity contribution in [3.05, 3.63) is 54.1 Å². The van der Waals surface area contributed by atoms with Crippen molar-refractivity contribution in [2.75, 3.05) is 11.9 Å². The van der Waals surface area contributed by atoms with E-state index < -0.39 is 18.0 Å². The van der Waals surface area contributed by atoms with Crippen molar-refractivity contribution in [1.82, 2.24) is 0 Å². The van der Waals surface area contributed by atoms with Gasteiger partial charge in [0, 0.05) is 11.8 Å². The van der Waals surface area contributed by atoms with Crippen molar-refractivity contribution >= 4 is 11.6 Å². The molecule has 7 heteroatoms. The van der Waals surface area contributed by atoms with E-state index in [-0.39, 0.29) is 11.3 Å². The molecule has 0 unspecified atom stereocenters. The highest BCUT2D eigenvalue weighted by atomic mass is 19.4. The number of anilines is 1. The number of nitrogens with one attached hydrogen (secondary N) is 1. The molecular weight excluding hydrogens is 311 g/mol. The van der Waals surface area contributed by atoms with E-state index in [1.807, 2.05) is 0 Å². The van der Waals surface area contributed by atoms with Gasteiger partial charge in [0.25, 0.3) is 5.91 Å². The molecule has 0 bridgehead atoms. The number of para-hydroxylation sites is 1. The lowest BCUT2D eigenvalue weighted by Crippen LogP contribution is -2.17. The second-order valence-electron chi connectivity index (χ2n) is 4.46. The molecule has 2 aromatic carbocycles. The van der Waals surface area contributed by atoms with Gasteiger partial charge in [0.1, 0.15) is 11.5 Å². The zero-order chi connectivity index (χ0) is 16.9. The van der Waals surface area contributed by atoms with Crippen LogP contribution in [0.4, 0.5) is 18.9 Å². The van der Waals surface area contributed by atoms with Gasteiger partial charge in [-0.15, -0.1) is 13.2 Å². The van der Waals surface area contributed by atoms with Gasteiger partial charge in [0.05, 0.1) is 12.2 Å². The number of benzene rings is 2. The number of hydrogen-bond acceptors (Lipinski definition) is 3. The zero-order valence-corrected chi connectivity index (χ0v) is 12.2. The Morgan fingerprint density at radius 1 is 1.13 bits per heavy atom. The molecule has 0 radical (unpaired) electrons. The van der Waals surface area contributed by atoms with Crippen molar-refractivity contribution in [1.29, 1.82) is 0 Å². The standard InChI is InChI=1S/C16H14F3NO3/c1-2-22-14-9-4-3-8-13(14)15(21)20-11-6-5-7-12(10-11)23-16(17,18)19/h3-10H,2H2,1H3,(H,20,21). The average molecular weight is 325 g/mol. The molecule has 0 saturated heterocycles. The Bertz CT molecular complexity index is 686. The van der Waals surface area contributed by atoms with Gasteiger partial charge in [-0.1, -0.05) is 18.2 Å². The lowest BCUT2D eigenvalue weighted by atomic mass is 10.2. The summed E-state index contributed by atoms with van der Waals surface area (Å²) in [6, 6.07) is 11.7. The number of amides is 1. The summed E-state index contributed by atoms with van der Waals surface area (Å²) in [5, 5.41) is 2.52. The first-order chi connectivity index (χ1) is 10.9. The van der Waals surface area contributed by atoms with E-state index in [2.05, 4.69) is 10.1 Å². The summed E-state index contributed by atoms with van der Waals surface area (Å²) in [5.74, 6) is -0.498. The summed E-state index contributed by atoms with van der Waals surface area (Å²) in [7, 11) is 0. The number of halogens is 3. The fourth-order valence-electron chi connectivity index (χ4n) is 1.90. The zero-order valence-electron chi connectivity index (χ0n) is 12.2. The summed E-state index contributed by atoms with van der Waals surface area (Å²) in [6.07, 6.45) is -4.79. The van der Waals surface area contributed by atoms with Crippen molar-refractivity contribution in [2.24, 2.45) is 0 Å². The molecule has 0 atom stereocenters. The highest BCUT2D eigenvalue weighted by Gasteiger charge is 2.31. The van der Waals surface area contributed by atoms with E-state index in [4.69, 9.17) is 4.74 Å². The number of hydrogen-bond donors (Lipinski definition) is 1. The highest BCUT2D eigenvalue weighted by Crippen LogP contribution is 2.26. The van der Waals surface area contributed by atoms with E-state index in [0.29, 0.717) is 12.4 Å². The Balaban J connectivity index is 2.16. The van der Waals surface area contributed by atoms with E-state index in [0.717, 1.165) is 12.1 Å². The van der Waals surface area contributed by atoms with Crippen molar-refractivity contribution in [3.8, 4) is 11.5 Å². The van der Waals surface area contributed by atoms with Gasteiger partial charge in [-0.25, -0.2) is 0 Å². The maximum Gasteiger partial charge on any atom is 0.573 e. The first-order valence-electron chi connectivity index (χ1n) is 6.78. The maximum atomic E-state index is 12.3. The second kappa shape index (κ2) is 7.04. The molecular formula is C16H14F3NO3. The Kier molecular flexibility index (Phi) is 5.10. The third kappa shape index (κ3) is 4.91. The van der Waals surface area contributed by atoms with Crippen LogP contribution in [-0.4, -0.2) is 18.9 Å². The largest absolute Gasteiger partial charge is 0.573 e. The predicted octanol–water partition coefficient (Wildman–Crippen LogP) is 4.24. The van der Waals surface area contributed by atoms with Gasteiger partial charge >= 0.3 is 6.36 Å². The fraction of sp³-hybridized carbons (Fsp3) is 0.188. The lowest BCUT2D eigenvalue weighted by Gasteiger charge is -2.12. The minimum atomic E-state index is -4.79. The topological polar surface area (TPSA) is 47.6 Å². The first kappa shape index (κ1) is 16.7. The van der Waals surface area contributed by atoms with Crippen LogP contribution < -0.4 is 14.8 Å². The molecule has 122 valence electrons. The molecule has 0 aliphatic rings. The molecule has 4 nitrogen and oxygen atoms in total. The minimum Gasteiger partial charge on any atom is -0.493 e. The van der Waals surface area contributed by atoms with Crippen LogP contribution in [0.25, 0.3) is 0 Å². The smallest absolute Gasteiger partial charge is 0.493 e. The summed E-state index contributed by atoms with van der Waals surface area (Å²) in [5.41, 5.74) is 0.472. The third-order valence-electron chi connectivity index (χ3n) is 2.76. The van der Waals surface area contributed by atoms with Gasteiger partial charge in [0.2, 0.25) is 0 Å². The van der Waals surface area contributed by atoms with E-state index in [1.54, 1.807) is 31.2 Å². The monoisotopic (exact) mass is 325 g/mol. The summed E-state index contributed by atoms with van der Waals surface area (Å²) < 4.78 is 45.8.